The molecule has 8 heteroatoms. The average molecular weight is 427 g/mol. The first-order chi connectivity index (χ1) is 14.4. The zero-order valence-corrected chi connectivity index (χ0v) is 16.6. The summed E-state index contributed by atoms with van der Waals surface area (Å²) in [6.07, 6.45) is -1.48. The van der Waals surface area contributed by atoms with Crippen LogP contribution in [0.5, 0.6) is 0 Å². The van der Waals surface area contributed by atoms with Crippen LogP contribution in [0.3, 0.4) is 0 Å². The molecule has 0 atom stereocenters. The van der Waals surface area contributed by atoms with Crippen molar-refractivity contribution < 1.29 is 17.6 Å². The van der Waals surface area contributed by atoms with Crippen LogP contribution in [-0.4, -0.2) is 10.9 Å². The van der Waals surface area contributed by atoms with Crippen molar-refractivity contribution in [1.82, 2.24) is 4.68 Å². The highest BCUT2D eigenvalue weighted by Gasteiger charge is 2.30. The molecule has 0 fully saturated rings. The number of nitrogens with zero attached hydrogens (tertiary/aromatic N) is 3. The molecule has 0 spiro atoms. The van der Waals surface area contributed by atoms with Crippen LogP contribution in [0.4, 0.5) is 18.9 Å². The van der Waals surface area contributed by atoms with Gasteiger partial charge in [-0.05, 0) is 48.4 Å². The first-order valence-electron chi connectivity index (χ1n) is 8.98. The second-order valence-corrected chi connectivity index (χ2v) is 7.30. The van der Waals surface area contributed by atoms with Crippen LogP contribution in [0.1, 0.15) is 16.7 Å². The first kappa shape index (κ1) is 19.9. The highest BCUT2D eigenvalue weighted by molar-refractivity contribution is 7.07. The van der Waals surface area contributed by atoms with Crippen LogP contribution in [0.15, 0.2) is 86.8 Å². The lowest BCUT2D eigenvalue weighted by Crippen LogP contribution is -2.11. The van der Waals surface area contributed by atoms with E-state index in [0.717, 1.165) is 23.4 Å². The Balaban J connectivity index is 1.81. The molecule has 0 saturated carbocycles. The predicted molar refractivity (Wildman–Crippen MR) is 111 cm³/mol. The van der Waals surface area contributed by atoms with Crippen LogP contribution in [-0.2, 0) is 6.18 Å². The van der Waals surface area contributed by atoms with Crippen molar-refractivity contribution in [3.05, 3.63) is 93.8 Å². The molecule has 4 aromatic rings. The Hall–Kier alpha value is -3.39. The second kappa shape index (κ2) is 8.16. The summed E-state index contributed by atoms with van der Waals surface area (Å²) in [6, 6.07) is 16.2. The monoisotopic (exact) mass is 427 g/mol. The van der Waals surface area contributed by atoms with Crippen LogP contribution < -0.4 is 4.80 Å². The second-order valence-electron chi connectivity index (χ2n) is 6.46. The van der Waals surface area contributed by atoms with Crippen molar-refractivity contribution in [2.75, 3.05) is 0 Å². The summed E-state index contributed by atoms with van der Waals surface area (Å²) in [5.74, 6) is 0.582. The number of hydrogen-bond donors (Lipinski definition) is 0. The molecule has 0 aliphatic carbocycles. The van der Waals surface area contributed by atoms with E-state index in [4.69, 9.17) is 4.42 Å². The maximum Gasteiger partial charge on any atom is 0.416 e. The minimum absolute atomic E-state index is 0.329. The number of hydrogen-bond acceptors (Lipinski definition) is 4. The Kier molecular flexibility index (Phi) is 5.41. The molecular formula is C22H16F3N3OS. The number of furan rings is 1. The van der Waals surface area contributed by atoms with Gasteiger partial charge < -0.3 is 4.42 Å². The highest BCUT2D eigenvalue weighted by Crippen LogP contribution is 2.29. The maximum atomic E-state index is 13.0. The minimum atomic E-state index is -4.41. The van der Waals surface area contributed by atoms with Crippen molar-refractivity contribution in [3.8, 4) is 11.5 Å². The molecule has 0 unspecified atom stereocenters. The Bertz CT molecular complexity index is 1250. The van der Waals surface area contributed by atoms with Gasteiger partial charge >= 0.3 is 6.18 Å². The Morgan fingerprint density at radius 2 is 1.87 bits per heavy atom. The Morgan fingerprint density at radius 1 is 1.03 bits per heavy atom. The predicted octanol–water partition coefficient (Wildman–Crippen LogP) is 6.25. The molecule has 2 heterocycles. The smallest absolute Gasteiger partial charge is 0.416 e. The van der Waals surface area contributed by atoms with E-state index in [1.54, 1.807) is 29.1 Å². The van der Waals surface area contributed by atoms with Crippen LogP contribution >= 0.6 is 11.3 Å². The van der Waals surface area contributed by atoms with Crippen LogP contribution in [0.25, 0.3) is 11.5 Å². The number of benzene rings is 2. The Labute approximate surface area is 174 Å². The fourth-order valence-electron chi connectivity index (χ4n) is 2.80. The van der Waals surface area contributed by atoms with Gasteiger partial charge in [-0.2, -0.15) is 18.3 Å². The van der Waals surface area contributed by atoms with Crippen molar-refractivity contribution >= 4 is 23.2 Å². The topological polar surface area (TPSA) is 42.8 Å². The third-order valence-electron chi connectivity index (χ3n) is 4.33. The molecule has 0 aliphatic heterocycles. The summed E-state index contributed by atoms with van der Waals surface area (Å²) >= 11 is 1.36. The average Bonchev–Trinajstić information content (AvgIpc) is 3.37. The van der Waals surface area contributed by atoms with E-state index in [-0.39, 0.29) is 0 Å². The van der Waals surface area contributed by atoms with Crippen LogP contribution in [0.2, 0.25) is 0 Å². The molecule has 0 aliphatic rings. The van der Waals surface area contributed by atoms with Gasteiger partial charge in [0.2, 0.25) is 4.80 Å². The summed E-state index contributed by atoms with van der Waals surface area (Å²) in [5.41, 5.74) is 2.04. The molecule has 152 valence electrons. The first-order valence-corrected chi connectivity index (χ1v) is 9.86. The molecule has 4 rings (SSSR count). The number of alkyl halides is 3. The van der Waals surface area contributed by atoms with E-state index >= 15 is 0 Å². The molecule has 2 aromatic heterocycles. The number of rotatable bonds is 4. The summed E-state index contributed by atoms with van der Waals surface area (Å²) in [4.78, 5) is 5.25. The van der Waals surface area contributed by atoms with Crippen molar-refractivity contribution in [3.63, 3.8) is 0 Å². The number of aromatic nitrogens is 1. The summed E-state index contributed by atoms with van der Waals surface area (Å²) in [5, 5.41) is 6.27. The molecule has 4 nitrogen and oxygen atoms in total. The fourth-order valence-corrected chi connectivity index (χ4v) is 3.62. The number of thiazole rings is 1. The number of halogens is 3. The van der Waals surface area contributed by atoms with E-state index in [1.807, 2.05) is 36.6 Å². The van der Waals surface area contributed by atoms with E-state index in [1.165, 1.54) is 23.6 Å². The summed E-state index contributed by atoms with van der Waals surface area (Å²) < 4.78 is 46.1. The lowest BCUT2D eigenvalue weighted by atomic mass is 10.1. The largest absolute Gasteiger partial charge is 0.463 e. The van der Waals surface area contributed by atoms with Crippen molar-refractivity contribution in [1.29, 1.82) is 0 Å². The molecule has 0 radical (unpaired) electrons. The zero-order valence-electron chi connectivity index (χ0n) is 15.8. The summed E-state index contributed by atoms with van der Waals surface area (Å²) in [6.45, 7) is 1.95. The zero-order chi connectivity index (χ0) is 21.1. The molecular weight excluding hydrogens is 411 g/mol. The minimum Gasteiger partial charge on any atom is -0.463 e. The van der Waals surface area contributed by atoms with Gasteiger partial charge in [0, 0.05) is 5.38 Å². The van der Waals surface area contributed by atoms with E-state index in [9.17, 15) is 13.2 Å². The third kappa shape index (κ3) is 4.28. The van der Waals surface area contributed by atoms with E-state index in [2.05, 4.69) is 10.1 Å². The van der Waals surface area contributed by atoms with E-state index < -0.39 is 11.7 Å². The van der Waals surface area contributed by atoms with Gasteiger partial charge in [-0.1, -0.05) is 30.3 Å². The maximum absolute atomic E-state index is 13.0. The highest BCUT2D eigenvalue weighted by atomic mass is 32.1. The number of para-hydroxylation sites is 1. The lowest BCUT2D eigenvalue weighted by molar-refractivity contribution is -0.137. The van der Waals surface area contributed by atoms with Gasteiger partial charge in [-0.15, -0.1) is 11.3 Å². The molecule has 0 N–H and O–H groups in total. The van der Waals surface area contributed by atoms with Gasteiger partial charge in [0.05, 0.1) is 23.7 Å². The number of aryl methyl sites for hydroxylation is 1. The molecule has 2 aromatic carbocycles. The quantitative estimate of drug-likeness (QED) is 0.355. The Morgan fingerprint density at radius 3 is 2.60 bits per heavy atom. The molecule has 0 amide bonds. The van der Waals surface area contributed by atoms with Crippen LogP contribution in [0, 0.1) is 6.92 Å². The van der Waals surface area contributed by atoms with Gasteiger partial charge in [0.1, 0.15) is 5.69 Å². The third-order valence-corrected chi connectivity index (χ3v) is 5.14. The van der Waals surface area contributed by atoms with Gasteiger partial charge in [0.25, 0.3) is 0 Å². The van der Waals surface area contributed by atoms with E-state index in [0.29, 0.717) is 21.8 Å². The standard InChI is InChI=1S/C22H16F3N3OS/c1-15-6-2-3-9-18(15)27-21-28(19(14-30-21)20-10-5-11-29-20)26-13-16-7-4-8-17(12-16)22(23,24)25/h2-14H,1H3. The van der Waals surface area contributed by atoms with Crippen molar-refractivity contribution in [2.45, 2.75) is 13.1 Å². The summed E-state index contributed by atoms with van der Waals surface area (Å²) in [7, 11) is 0. The van der Waals surface area contributed by atoms with Gasteiger partial charge in [-0.25, -0.2) is 9.67 Å². The van der Waals surface area contributed by atoms with Gasteiger partial charge in [-0.3, -0.25) is 0 Å². The SMILES string of the molecule is Cc1ccccc1N=c1scc(-c2ccco2)n1N=Cc1cccc(C(F)(F)F)c1. The fraction of sp³-hybridized carbons (Fsp3) is 0.0909. The molecule has 0 saturated heterocycles. The molecule has 30 heavy (non-hydrogen) atoms. The van der Waals surface area contributed by atoms with Gasteiger partial charge in [0.15, 0.2) is 5.76 Å². The van der Waals surface area contributed by atoms with Crippen molar-refractivity contribution in [2.24, 2.45) is 10.1 Å². The lowest BCUT2D eigenvalue weighted by Gasteiger charge is -2.06. The molecule has 0 bridgehead atoms. The normalized spacial score (nSPS) is 12.7.